The molecule has 1 aromatic rings. The number of anilines is 2. The summed E-state index contributed by atoms with van der Waals surface area (Å²) in [5.41, 5.74) is 8.68. The Bertz CT molecular complexity index is 312. The number of likely N-dealkylation sites (N-methyl/N-ethyl adjacent to an activating group) is 1. The molecule has 0 amide bonds. The van der Waals surface area contributed by atoms with Crippen molar-refractivity contribution < 1.29 is 5.11 Å². The lowest BCUT2D eigenvalue weighted by Crippen LogP contribution is -2.31. The van der Waals surface area contributed by atoms with Crippen molar-refractivity contribution in [3.05, 3.63) is 23.8 Å². The normalized spacial score (nSPS) is 12.6. The molecule has 1 unspecified atom stereocenters. The Kier molecular flexibility index (Phi) is 3.36. The number of hydrogen-bond donors (Lipinski definition) is 2. The van der Waals surface area contributed by atoms with Crippen LogP contribution in [0.3, 0.4) is 0 Å². The largest absolute Gasteiger partial charge is 0.399 e. The molecular weight excluding hydrogens is 176 g/mol. The molecule has 0 saturated heterocycles. The fourth-order valence-corrected chi connectivity index (χ4v) is 1.26. The van der Waals surface area contributed by atoms with Crippen LogP contribution in [0.25, 0.3) is 0 Å². The van der Waals surface area contributed by atoms with Gasteiger partial charge in [-0.1, -0.05) is 0 Å². The van der Waals surface area contributed by atoms with Crippen LogP contribution in [0, 0.1) is 6.92 Å². The van der Waals surface area contributed by atoms with E-state index >= 15 is 0 Å². The summed E-state index contributed by atoms with van der Waals surface area (Å²) in [4.78, 5) is 2.03. The predicted octanol–water partition coefficient (Wildman–Crippen LogP) is 1.39. The highest BCUT2D eigenvalue weighted by atomic mass is 16.3. The van der Waals surface area contributed by atoms with Gasteiger partial charge in [0.15, 0.2) is 0 Å². The third-order valence-corrected chi connectivity index (χ3v) is 2.59. The summed E-state index contributed by atoms with van der Waals surface area (Å²) in [7, 11) is 1.96. The van der Waals surface area contributed by atoms with E-state index in [9.17, 15) is 0 Å². The first-order valence-corrected chi connectivity index (χ1v) is 4.76. The number of rotatable bonds is 3. The maximum absolute atomic E-state index is 9.02. The summed E-state index contributed by atoms with van der Waals surface area (Å²) in [6.45, 7) is 4.11. The fraction of sp³-hybridized carbons (Fsp3) is 0.455. The van der Waals surface area contributed by atoms with Crippen molar-refractivity contribution in [3.63, 3.8) is 0 Å². The number of nitrogens with zero attached hydrogens (tertiary/aromatic N) is 1. The van der Waals surface area contributed by atoms with Crippen molar-refractivity contribution in [1.29, 1.82) is 0 Å². The average Bonchev–Trinajstić information content (AvgIpc) is 2.20. The van der Waals surface area contributed by atoms with E-state index in [1.54, 1.807) is 0 Å². The second kappa shape index (κ2) is 4.33. The highest BCUT2D eigenvalue weighted by Crippen LogP contribution is 2.20. The Hall–Kier alpha value is -1.22. The Labute approximate surface area is 85.2 Å². The molecule has 0 fully saturated rings. The minimum absolute atomic E-state index is 0.123. The Morgan fingerprint density at radius 2 is 2.14 bits per heavy atom. The zero-order valence-electron chi connectivity index (χ0n) is 8.99. The van der Waals surface area contributed by atoms with Gasteiger partial charge in [-0.05, 0) is 37.6 Å². The molecule has 0 aliphatic rings. The molecule has 1 atom stereocenters. The summed E-state index contributed by atoms with van der Waals surface area (Å²) in [6.07, 6.45) is 0. The molecule has 3 N–H and O–H groups in total. The third-order valence-electron chi connectivity index (χ3n) is 2.59. The van der Waals surface area contributed by atoms with Gasteiger partial charge in [-0.15, -0.1) is 0 Å². The van der Waals surface area contributed by atoms with Gasteiger partial charge >= 0.3 is 0 Å². The van der Waals surface area contributed by atoms with Gasteiger partial charge in [0, 0.05) is 24.5 Å². The first kappa shape index (κ1) is 10.9. The number of aliphatic hydroxyl groups is 1. The molecule has 1 rings (SSSR count). The minimum atomic E-state index is 0.123. The molecule has 0 radical (unpaired) electrons. The monoisotopic (exact) mass is 194 g/mol. The van der Waals surface area contributed by atoms with E-state index in [1.165, 1.54) is 0 Å². The summed E-state index contributed by atoms with van der Waals surface area (Å²) in [5, 5.41) is 9.02. The minimum Gasteiger partial charge on any atom is -0.399 e. The maximum Gasteiger partial charge on any atom is 0.0632 e. The summed E-state index contributed by atoms with van der Waals surface area (Å²) in [5.74, 6) is 0. The number of benzene rings is 1. The van der Waals surface area contributed by atoms with E-state index < -0.39 is 0 Å². The SMILES string of the molecule is Cc1cc(N(C)C(C)CO)ccc1N. The number of nitrogen functional groups attached to an aromatic ring is 1. The fourth-order valence-electron chi connectivity index (χ4n) is 1.26. The number of nitrogens with two attached hydrogens (primary N) is 1. The lowest BCUT2D eigenvalue weighted by Gasteiger charge is -2.25. The highest BCUT2D eigenvalue weighted by molar-refractivity contribution is 5.58. The zero-order valence-corrected chi connectivity index (χ0v) is 8.99. The van der Waals surface area contributed by atoms with E-state index in [2.05, 4.69) is 0 Å². The molecule has 0 heterocycles. The van der Waals surface area contributed by atoms with Gasteiger partial charge in [0.05, 0.1) is 6.61 Å². The van der Waals surface area contributed by atoms with Gasteiger partial charge in [0.2, 0.25) is 0 Å². The molecule has 1 aromatic carbocycles. The van der Waals surface area contributed by atoms with Crippen LogP contribution in [-0.4, -0.2) is 24.8 Å². The van der Waals surface area contributed by atoms with E-state index in [-0.39, 0.29) is 12.6 Å². The quantitative estimate of drug-likeness (QED) is 0.715. The molecule has 3 heteroatoms. The third kappa shape index (κ3) is 2.17. The molecular formula is C11H18N2O. The smallest absolute Gasteiger partial charge is 0.0632 e. The summed E-state index contributed by atoms with van der Waals surface area (Å²) >= 11 is 0. The van der Waals surface area contributed by atoms with E-state index in [1.807, 2.05) is 44.0 Å². The standard InChI is InChI=1S/C11H18N2O/c1-8-6-10(4-5-11(8)12)13(3)9(2)7-14/h4-6,9,14H,7,12H2,1-3H3. The van der Waals surface area contributed by atoms with Crippen LogP contribution in [0.4, 0.5) is 11.4 Å². The van der Waals surface area contributed by atoms with Gasteiger partial charge in [0.1, 0.15) is 0 Å². The van der Waals surface area contributed by atoms with Crippen molar-refractivity contribution >= 4 is 11.4 Å². The summed E-state index contributed by atoms with van der Waals surface area (Å²) in [6, 6.07) is 6.01. The van der Waals surface area contributed by atoms with Crippen LogP contribution < -0.4 is 10.6 Å². The van der Waals surface area contributed by atoms with Crippen LogP contribution in [0.2, 0.25) is 0 Å². The zero-order chi connectivity index (χ0) is 10.7. The van der Waals surface area contributed by atoms with Crippen molar-refractivity contribution in [2.45, 2.75) is 19.9 Å². The van der Waals surface area contributed by atoms with Crippen LogP contribution in [0.15, 0.2) is 18.2 Å². The molecule has 0 aliphatic carbocycles. The molecule has 0 aliphatic heterocycles. The van der Waals surface area contributed by atoms with Crippen molar-refractivity contribution in [2.24, 2.45) is 0 Å². The molecule has 3 nitrogen and oxygen atoms in total. The van der Waals surface area contributed by atoms with Crippen LogP contribution in [0.1, 0.15) is 12.5 Å². The maximum atomic E-state index is 9.02. The van der Waals surface area contributed by atoms with Crippen molar-refractivity contribution in [3.8, 4) is 0 Å². The summed E-state index contributed by atoms with van der Waals surface area (Å²) < 4.78 is 0. The number of hydrogen-bond acceptors (Lipinski definition) is 3. The van der Waals surface area contributed by atoms with E-state index in [0.717, 1.165) is 16.9 Å². The van der Waals surface area contributed by atoms with E-state index in [0.29, 0.717) is 0 Å². The van der Waals surface area contributed by atoms with Gasteiger partial charge in [-0.3, -0.25) is 0 Å². The Balaban J connectivity index is 2.91. The number of aliphatic hydroxyl groups excluding tert-OH is 1. The Morgan fingerprint density at radius 3 is 2.64 bits per heavy atom. The molecule has 0 saturated carbocycles. The van der Waals surface area contributed by atoms with Crippen LogP contribution in [0.5, 0.6) is 0 Å². The number of aryl methyl sites for hydroxylation is 1. The highest BCUT2D eigenvalue weighted by Gasteiger charge is 2.08. The molecule has 14 heavy (non-hydrogen) atoms. The van der Waals surface area contributed by atoms with Gasteiger partial charge < -0.3 is 15.7 Å². The predicted molar refractivity (Wildman–Crippen MR) is 60.5 cm³/mol. The molecule has 0 bridgehead atoms. The lowest BCUT2D eigenvalue weighted by molar-refractivity contribution is 0.270. The molecule has 78 valence electrons. The van der Waals surface area contributed by atoms with Crippen LogP contribution >= 0.6 is 0 Å². The first-order chi connectivity index (χ1) is 6.56. The second-order valence-electron chi connectivity index (χ2n) is 3.68. The van der Waals surface area contributed by atoms with Crippen LogP contribution in [-0.2, 0) is 0 Å². The van der Waals surface area contributed by atoms with Crippen molar-refractivity contribution in [2.75, 3.05) is 24.3 Å². The molecule has 0 spiro atoms. The topological polar surface area (TPSA) is 49.5 Å². The van der Waals surface area contributed by atoms with Gasteiger partial charge in [0.25, 0.3) is 0 Å². The first-order valence-electron chi connectivity index (χ1n) is 4.76. The van der Waals surface area contributed by atoms with Gasteiger partial charge in [-0.2, -0.15) is 0 Å². The Morgan fingerprint density at radius 1 is 1.50 bits per heavy atom. The lowest BCUT2D eigenvalue weighted by atomic mass is 10.1. The average molecular weight is 194 g/mol. The second-order valence-corrected chi connectivity index (χ2v) is 3.68. The van der Waals surface area contributed by atoms with Crippen molar-refractivity contribution in [1.82, 2.24) is 0 Å². The van der Waals surface area contributed by atoms with E-state index in [4.69, 9.17) is 10.8 Å². The molecule has 0 aromatic heterocycles. The van der Waals surface area contributed by atoms with Gasteiger partial charge in [-0.25, -0.2) is 0 Å².